The van der Waals surface area contributed by atoms with Crippen LogP contribution >= 0.6 is 0 Å². The molecule has 7 rings (SSSR count). The molecule has 0 fully saturated rings. The summed E-state index contributed by atoms with van der Waals surface area (Å²) >= 11 is 0. The molecule has 0 amide bonds. The fourth-order valence-corrected chi connectivity index (χ4v) is 7.14. The predicted octanol–water partition coefficient (Wildman–Crippen LogP) is 11.4. The van der Waals surface area contributed by atoms with Crippen LogP contribution in [-0.2, 0) is 12.0 Å². The summed E-state index contributed by atoms with van der Waals surface area (Å²) in [5.41, 5.74) is 15.8. The zero-order valence-electron chi connectivity index (χ0n) is 28.1. The molecule has 0 aliphatic heterocycles. The molecule has 0 atom stereocenters. The van der Waals surface area contributed by atoms with Crippen LogP contribution in [0.1, 0.15) is 55.5 Å². The Morgan fingerprint density at radius 2 is 1.09 bits per heavy atom. The van der Waals surface area contributed by atoms with Crippen molar-refractivity contribution in [3.8, 4) is 45.2 Å². The van der Waals surface area contributed by atoms with Gasteiger partial charge < -0.3 is 8.98 Å². The summed E-state index contributed by atoms with van der Waals surface area (Å²) in [5, 5.41) is 11.4. The topological polar surface area (TPSA) is 43.9 Å². The van der Waals surface area contributed by atoms with Crippen LogP contribution in [0.2, 0.25) is 0 Å². The van der Waals surface area contributed by atoms with E-state index in [0.717, 1.165) is 17.7 Å². The van der Waals surface area contributed by atoms with Crippen molar-refractivity contribution in [1.82, 2.24) is 14.8 Å². The lowest BCUT2D eigenvalue weighted by molar-refractivity contribution is 0.582. The molecule has 230 valence electrons. The molecule has 0 radical (unpaired) electrons. The lowest BCUT2D eigenvalue weighted by Crippen LogP contribution is -2.10. The standard InChI is InChI=1S/C42H41N3O/c1-9-45-36-13-11-10-12-34(36)35-19-16-30(24-37(35)45)31-20-25(2)38(26(3)21-31)39-27(4)22-32(23-28(39)5)41-44-43-40(46-41)29-14-17-33(18-15-29)42(6,7)8/h10-24H,9H2,1-8H3. The normalized spacial score (nSPS) is 12.0. The molecule has 0 N–H and O–H groups in total. The summed E-state index contributed by atoms with van der Waals surface area (Å²) in [6, 6.07) is 33.0. The highest BCUT2D eigenvalue weighted by Crippen LogP contribution is 2.39. The van der Waals surface area contributed by atoms with Gasteiger partial charge in [0, 0.05) is 39.5 Å². The monoisotopic (exact) mass is 603 g/mol. The molecule has 4 nitrogen and oxygen atoms in total. The molecule has 4 heteroatoms. The van der Waals surface area contributed by atoms with Crippen molar-refractivity contribution in [2.75, 3.05) is 0 Å². The molecule has 0 unspecified atom stereocenters. The van der Waals surface area contributed by atoms with Gasteiger partial charge in [0.25, 0.3) is 0 Å². The molecule has 7 aromatic rings. The maximum atomic E-state index is 6.19. The molecule has 2 aromatic heterocycles. The number of para-hydroxylation sites is 1. The van der Waals surface area contributed by atoms with Crippen LogP contribution in [0.5, 0.6) is 0 Å². The Balaban J connectivity index is 1.22. The Bertz CT molecular complexity index is 2210. The van der Waals surface area contributed by atoms with Gasteiger partial charge in [-0.1, -0.05) is 75.4 Å². The van der Waals surface area contributed by atoms with Crippen LogP contribution < -0.4 is 0 Å². The smallest absolute Gasteiger partial charge is 0.248 e. The highest BCUT2D eigenvalue weighted by molar-refractivity contribution is 6.09. The minimum Gasteiger partial charge on any atom is -0.416 e. The molecule has 5 aromatic carbocycles. The lowest BCUT2D eigenvalue weighted by Gasteiger charge is -2.18. The number of fused-ring (bicyclic) bond motifs is 3. The van der Waals surface area contributed by atoms with Crippen molar-refractivity contribution in [1.29, 1.82) is 0 Å². The first-order valence-electron chi connectivity index (χ1n) is 16.2. The van der Waals surface area contributed by atoms with Gasteiger partial charge in [0.1, 0.15) is 0 Å². The predicted molar refractivity (Wildman–Crippen MR) is 192 cm³/mol. The van der Waals surface area contributed by atoms with Gasteiger partial charge in [0.15, 0.2) is 0 Å². The Morgan fingerprint density at radius 3 is 1.67 bits per heavy atom. The van der Waals surface area contributed by atoms with E-state index in [1.807, 2.05) is 0 Å². The number of rotatable bonds is 5. The van der Waals surface area contributed by atoms with E-state index in [2.05, 4.69) is 161 Å². The van der Waals surface area contributed by atoms with Gasteiger partial charge in [-0.25, -0.2) is 0 Å². The molecular weight excluding hydrogens is 562 g/mol. The van der Waals surface area contributed by atoms with Gasteiger partial charge in [-0.3, -0.25) is 0 Å². The van der Waals surface area contributed by atoms with Crippen molar-refractivity contribution < 1.29 is 4.42 Å². The summed E-state index contributed by atoms with van der Waals surface area (Å²) < 4.78 is 8.61. The fourth-order valence-electron chi connectivity index (χ4n) is 7.14. The highest BCUT2D eigenvalue weighted by atomic mass is 16.4. The SMILES string of the molecule is CCn1c2ccccc2c2ccc(-c3cc(C)c(-c4c(C)cc(-c5nnc(-c6ccc(C(C)(C)C)cc6)o5)cc4C)c(C)c3)cc21. The molecule has 0 saturated heterocycles. The van der Waals surface area contributed by atoms with E-state index in [1.54, 1.807) is 0 Å². The average Bonchev–Trinajstić information content (AvgIpc) is 3.64. The third-order valence-electron chi connectivity index (χ3n) is 9.41. The quantitative estimate of drug-likeness (QED) is 0.197. The third kappa shape index (κ3) is 5.02. The van der Waals surface area contributed by atoms with Gasteiger partial charge in [-0.05, 0) is 127 Å². The van der Waals surface area contributed by atoms with E-state index in [0.29, 0.717) is 11.8 Å². The third-order valence-corrected chi connectivity index (χ3v) is 9.41. The van der Waals surface area contributed by atoms with E-state index in [4.69, 9.17) is 4.42 Å². The molecule has 0 aliphatic carbocycles. The van der Waals surface area contributed by atoms with Crippen molar-refractivity contribution >= 4 is 21.8 Å². The fraction of sp³-hybridized carbons (Fsp3) is 0.238. The number of hydrogen-bond donors (Lipinski definition) is 0. The van der Waals surface area contributed by atoms with Crippen molar-refractivity contribution in [2.24, 2.45) is 0 Å². The van der Waals surface area contributed by atoms with Gasteiger partial charge in [-0.2, -0.15) is 0 Å². The highest BCUT2D eigenvalue weighted by Gasteiger charge is 2.19. The van der Waals surface area contributed by atoms with Gasteiger partial charge >= 0.3 is 0 Å². The maximum absolute atomic E-state index is 6.19. The van der Waals surface area contributed by atoms with Gasteiger partial charge in [0.2, 0.25) is 11.8 Å². The van der Waals surface area contributed by atoms with Crippen LogP contribution in [0.15, 0.2) is 95.4 Å². The summed E-state index contributed by atoms with van der Waals surface area (Å²) in [7, 11) is 0. The van der Waals surface area contributed by atoms with Crippen molar-refractivity contribution in [3.63, 3.8) is 0 Å². The summed E-state index contributed by atoms with van der Waals surface area (Å²) in [5.74, 6) is 1.07. The molecule has 0 bridgehead atoms. The summed E-state index contributed by atoms with van der Waals surface area (Å²) in [4.78, 5) is 0. The number of nitrogens with zero attached hydrogens (tertiary/aromatic N) is 3. The molecule has 0 aliphatic rings. The van der Waals surface area contributed by atoms with Gasteiger partial charge in [-0.15, -0.1) is 10.2 Å². The van der Waals surface area contributed by atoms with E-state index in [1.165, 1.54) is 71.9 Å². The first-order chi connectivity index (χ1) is 22.0. The van der Waals surface area contributed by atoms with E-state index >= 15 is 0 Å². The summed E-state index contributed by atoms with van der Waals surface area (Å²) in [6.07, 6.45) is 0. The number of hydrogen-bond acceptors (Lipinski definition) is 3. The minimum absolute atomic E-state index is 0.0950. The molecule has 0 saturated carbocycles. The van der Waals surface area contributed by atoms with Crippen LogP contribution in [-0.4, -0.2) is 14.8 Å². The van der Waals surface area contributed by atoms with E-state index < -0.39 is 0 Å². The first-order valence-corrected chi connectivity index (χ1v) is 16.2. The maximum Gasteiger partial charge on any atom is 0.248 e. The first kappa shape index (κ1) is 29.7. The van der Waals surface area contributed by atoms with Crippen LogP contribution in [0.4, 0.5) is 0 Å². The summed E-state index contributed by atoms with van der Waals surface area (Å²) in [6.45, 7) is 18.6. The van der Waals surface area contributed by atoms with Crippen molar-refractivity contribution in [2.45, 2.75) is 67.3 Å². The van der Waals surface area contributed by atoms with Crippen LogP contribution in [0.3, 0.4) is 0 Å². The van der Waals surface area contributed by atoms with E-state index in [9.17, 15) is 0 Å². The second kappa shape index (κ2) is 11.1. The zero-order chi connectivity index (χ0) is 32.3. The van der Waals surface area contributed by atoms with Crippen molar-refractivity contribution in [3.05, 3.63) is 119 Å². The molecular formula is C42H41N3O. The Kier molecular flexibility index (Phi) is 7.20. The average molecular weight is 604 g/mol. The molecule has 0 spiro atoms. The minimum atomic E-state index is 0.0950. The second-order valence-corrected chi connectivity index (χ2v) is 13.7. The zero-order valence-corrected chi connectivity index (χ0v) is 28.1. The van der Waals surface area contributed by atoms with Crippen LogP contribution in [0, 0.1) is 27.7 Å². The largest absolute Gasteiger partial charge is 0.416 e. The Hall–Kier alpha value is -4.96. The van der Waals surface area contributed by atoms with E-state index in [-0.39, 0.29) is 5.41 Å². The van der Waals surface area contributed by atoms with Gasteiger partial charge in [0.05, 0.1) is 0 Å². The Labute approximate surface area is 271 Å². The second-order valence-electron chi connectivity index (χ2n) is 13.7. The lowest BCUT2D eigenvalue weighted by atomic mass is 9.86. The number of benzene rings is 5. The molecule has 2 heterocycles. The van der Waals surface area contributed by atoms with Crippen LogP contribution in [0.25, 0.3) is 67.0 Å². The number of aryl methyl sites for hydroxylation is 5. The molecule has 46 heavy (non-hydrogen) atoms. The Morgan fingerprint density at radius 1 is 0.565 bits per heavy atom. The number of aromatic nitrogens is 3.